The van der Waals surface area contributed by atoms with Crippen molar-refractivity contribution in [3.05, 3.63) is 23.8 Å². The van der Waals surface area contributed by atoms with Crippen LogP contribution in [0.1, 0.15) is 0 Å². The van der Waals surface area contributed by atoms with Gasteiger partial charge in [0.25, 0.3) is 0 Å². The number of benzene rings is 1. The molecule has 0 atom stereocenters. The molecule has 0 unspecified atom stereocenters. The van der Waals surface area contributed by atoms with Gasteiger partial charge in [-0.2, -0.15) is 4.39 Å². The van der Waals surface area contributed by atoms with Crippen LogP contribution in [-0.4, -0.2) is 22.3 Å². The molecular formula is C6H5BF2O3. The maximum Gasteiger partial charge on any atom is 0.492 e. The zero-order valence-corrected chi connectivity index (χ0v) is 5.83. The van der Waals surface area contributed by atoms with E-state index in [-0.39, 0.29) is 0 Å². The van der Waals surface area contributed by atoms with E-state index in [9.17, 15) is 8.78 Å². The summed E-state index contributed by atoms with van der Waals surface area (Å²) in [5.41, 5.74) is -0.464. The minimum Gasteiger partial charge on any atom is -0.505 e. The molecule has 0 aliphatic heterocycles. The van der Waals surface area contributed by atoms with Crippen molar-refractivity contribution < 1.29 is 23.9 Å². The van der Waals surface area contributed by atoms with Crippen LogP contribution in [0, 0.1) is 11.6 Å². The number of hydrogen-bond donors (Lipinski definition) is 3. The first-order valence-electron chi connectivity index (χ1n) is 3.07. The van der Waals surface area contributed by atoms with Crippen molar-refractivity contribution in [2.24, 2.45) is 0 Å². The van der Waals surface area contributed by atoms with E-state index in [0.717, 1.165) is 6.07 Å². The number of phenols is 1. The lowest BCUT2D eigenvalue weighted by molar-refractivity contribution is 0.397. The molecule has 12 heavy (non-hydrogen) atoms. The zero-order valence-electron chi connectivity index (χ0n) is 5.83. The maximum absolute atomic E-state index is 12.5. The summed E-state index contributed by atoms with van der Waals surface area (Å²) in [4.78, 5) is 0. The highest BCUT2D eigenvalue weighted by Gasteiger charge is 2.20. The van der Waals surface area contributed by atoms with Gasteiger partial charge in [-0.05, 0) is 6.07 Å². The quantitative estimate of drug-likeness (QED) is 0.495. The molecule has 1 aromatic rings. The molecule has 0 aliphatic carbocycles. The molecule has 6 heteroatoms. The Balaban J connectivity index is 3.27. The molecule has 0 spiro atoms. The minimum absolute atomic E-state index is 0.464. The molecule has 0 radical (unpaired) electrons. The highest BCUT2D eigenvalue weighted by molar-refractivity contribution is 6.59. The summed E-state index contributed by atoms with van der Waals surface area (Å²) < 4.78 is 24.8. The Labute approximate surface area is 67.0 Å². The van der Waals surface area contributed by atoms with Gasteiger partial charge in [-0.15, -0.1) is 0 Å². The Morgan fingerprint density at radius 2 is 1.75 bits per heavy atom. The van der Waals surface area contributed by atoms with E-state index in [4.69, 9.17) is 15.2 Å². The monoisotopic (exact) mass is 174 g/mol. The van der Waals surface area contributed by atoms with Crippen molar-refractivity contribution in [2.75, 3.05) is 0 Å². The third kappa shape index (κ3) is 1.39. The van der Waals surface area contributed by atoms with Gasteiger partial charge in [0.1, 0.15) is 0 Å². The van der Waals surface area contributed by atoms with Crippen molar-refractivity contribution >= 4 is 12.6 Å². The van der Waals surface area contributed by atoms with E-state index in [1.807, 2.05) is 0 Å². The van der Waals surface area contributed by atoms with Crippen LogP contribution in [0.2, 0.25) is 0 Å². The number of phenolic OH excluding ortho intramolecular Hbond substituents is 1. The van der Waals surface area contributed by atoms with Crippen molar-refractivity contribution in [2.45, 2.75) is 0 Å². The Kier molecular flexibility index (Phi) is 2.30. The maximum atomic E-state index is 12.5. The average molecular weight is 174 g/mol. The highest BCUT2D eigenvalue weighted by Crippen LogP contribution is 2.15. The van der Waals surface area contributed by atoms with Crippen LogP contribution in [0.5, 0.6) is 5.75 Å². The minimum atomic E-state index is -2.01. The lowest BCUT2D eigenvalue weighted by Gasteiger charge is -2.03. The van der Waals surface area contributed by atoms with Crippen LogP contribution in [0.25, 0.3) is 0 Å². The van der Waals surface area contributed by atoms with Crippen LogP contribution < -0.4 is 5.46 Å². The van der Waals surface area contributed by atoms with E-state index in [0.29, 0.717) is 6.07 Å². The largest absolute Gasteiger partial charge is 0.505 e. The van der Waals surface area contributed by atoms with E-state index in [1.165, 1.54) is 0 Å². The van der Waals surface area contributed by atoms with Crippen molar-refractivity contribution in [3.8, 4) is 5.75 Å². The summed E-state index contributed by atoms with van der Waals surface area (Å²) in [5.74, 6) is -3.80. The standard InChI is InChI=1S/C6H5BF2O3/c8-4-2-1-3(7(11)12)6(10)5(4)9/h1-2,10-12H. The highest BCUT2D eigenvalue weighted by atomic mass is 19.2. The molecule has 3 N–H and O–H groups in total. The van der Waals surface area contributed by atoms with E-state index in [1.54, 1.807) is 0 Å². The summed E-state index contributed by atoms with van der Waals surface area (Å²) in [7, 11) is -2.01. The molecule has 0 bridgehead atoms. The Bertz CT molecular complexity index is 303. The molecular weight excluding hydrogens is 169 g/mol. The van der Waals surface area contributed by atoms with Gasteiger partial charge in [0.15, 0.2) is 17.4 Å². The smallest absolute Gasteiger partial charge is 0.492 e. The van der Waals surface area contributed by atoms with Crippen LogP contribution >= 0.6 is 0 Å². The fourth-order valence-electron chi connectivity index (χ4n) is 0.763. The van der Waals surface area contributed by atoms with Gasteiger partial charge in [0, 0.05) is 5.46 Å². The van der Waals surface area contributed by atoms with Crippen molar-refractivity contribution in [1.29, 1.82) is 0 Å². The van der Waals surface area contributed by atoms with Gasteiger partial charge in [0.2, 0.25) is 0 Å². The number of rotatable bonds is 1. The second kappa shape index (κ2) is 3.08. The third-order valence-corrected chi connectivity index (χ3v) is 1.38. The summed E-state index contributed by atoms with van der Waals surface area (Å²) >= 11 is 0. The van der Waals surface area contributed by atoms with Gasteiger partial charge in [-0.25, -0.2) is 4.39 Å². The molecule has 1 rings (SSSR count). The van der Waals surface area contributed by atoms with Gasteiger partial charge in [-0.3, -0.25) is 0 Å². The molecule has 0 amide bonds. The van der Waals surface area contributed by atoms with Crippen LogP contribution in [0.3, 0.4) is 0 Å². The second-order valence-corrected chi connectivity index (χ2v) is 2.17. The number of aromatic hydroxyl groups is 1. The molecule has 0 heterocycles. The topological polar surface area (TPSA) is 60.7 Å². The molecule has 0 fully saturated rings. The first-order valence-corrected chi connectivity index (χ1v) is 3.07. The summed E-state index contributed by atoms with van der Waals surface area (Å²) in [6, 6.07) is 1.59. The Morgan fingerprint density at radius 1 is 1.17 bits per heavy atom. The fraction of sp³-hybridized carbons (Fsp3) is 0. The van der Waals surface area contributed by atoms with Crippen molar-refractivity contribution in [3.63, 3.8) is 0 Å². The summed E-state index contributed by atoms with van der Waals surface area (Å²) in [6.07, 6.45) is 0. The van der Waals surface area contributed by atoms with Crippen LogP contribution in [-0.2, 0) is 0 Å². The van der Waals surface area contributed by atoms with Gasteiger partial charge in [0.05, 0.1) is 0 Å². The van der Waals surface area contributed by atoms with Gasteiger partial charge < -0.3 is 15.2 Å². The predicted molar refractivity (Wildman–Crippen MR) is 37.8 cm³/mol. The molecule has 3 nitrogen and oxygen atoms in total. The Morgan fingerprint density at radius 3 is 2.25 bits per heavy atom. The van der Waals surface area contributed by atoms with E-state index < -0.39 is 30.0 Å². The first kappa shape index (κ1) is 8.96. The molecule has 1 aromatic carbocycles. The lowest BCUT2D eigenvalue weighted by Crippen LogP contribution is -2.30. The van der Waals surface area contributed by atoms with E-state index >= 15 is 0 Å². The summed E-state index contributed by atoms with van der Waals surface area (Å²) in [5, 5.41) is 25.9. The number of hydrogen-bond acceptors (Lipinski definition) is 3. The molecule has 0 saturated heterocycles. The average Bonchev–Trinajstić information content (AvgIpc) is 2.00. The van der Waals surface area contributed by atoms with Gasteiger partial charge >= 0.3 is 7.12 Å². The second-order valence-electron chi connectivity index (χ2n) is 2.17. The summed E-state index contributed by atoms with van der Waals surface area (Å²) in [6.45, 7) is 0. The first-order chi connectivity index (χ1) is 5.54. The molecule has 0 aromatic heterocycles. The normalized spacial score (nSPS) is 10.0. The molecule has 64 valence electrons. The van der Waals surface area contributed by atoms with Crippen molar-refractivity contribution in [1.82, 2.24) is 0 Å². The Hall–Kier alpha value is -1.14. The molecule has 0 aliphatic rings. The molecule has 0 saturated carbocycles. The predicted octanol–water partition coefficient (Wildman–Crippen LogP) is -0.650. The third-order valence-electron chi connectivity index (χ3n) is 1.38. The zero-order chi connectivity index (χ0) is 9.30. The SMILES string of the molecule is OB(O)c1ccc(F)c(F)c1O. The van der Waals surface area contributed by atoms with E-state index in [2.05, 4.69) is 0 Å². The van der Waals surface area contributed by atoms with Gasteiger partial charge in [-0.1, -0.05) is 6.07 Å². The number of halogens is 2. The van der Waals surface area contributed by atoms with Crippen LogP contribution in [0.15, 0.2) is 12.1 Å². The fourth-order valence-corrected chi connectivity index (χ4v) is 0.763. The van der Waals surface area contributed by atoms with Crippen LogP contribution in [0.4, 0.5) is 8.78 Å². The lowest BCUT2D eigenvalue weighted by atomic mass is 9.79.